The molecular formula is C10H15N3O2S. The Morgan fingerprint density at radius 3 is 2.62 bits per heavy atom. The van der Waals surface area contributed by atoms with Gasteiger partial charge < -0.3 is 11.1 Å². The van der Waals surface area contributed by atoms with Crippen LogP contribution in [0.4, 0.5) is 11.4 Å². The highest BCUT2D eigenvalue weighted by Gasteiger charge is 2.15. The maximum absolute atomic E-state index is 11.3. The van der Waals surface area contributed by atoms with Gasteiger partial charge in [-0.3, -0.25) is 0 Å². The topological polar surface area (TPSA) is 98.2 Å². The molecule has 0 fully saturated rings. The number of hydrogen-bond donors (Lipinski definition) is 3. The summed E-state index contributed by atoms with van der Waals surface area (Å²) in [6, 6.07) is 3.01. The van der Waals surface area contributed by atoms with Crippen molar-refractivity contribution in [3.05, 3.63) is 30.4 Å². The molecule has 0 saturated heterocycles. The molecule has 5 N–H and O–H groups in total. The van der Waals surface area contributed by atoms with Gasteiger partial charge >= 0.3 is 0 Å². The van der Waals surface area contributed by atoms with Crippen LogP contribution in [0, 0.1) is 6.92 Å². The molecule has 0 saturated carbocycles. The van der Waals surface area contributed by atoms with Crippen LogP contribution >= 0.6 is 0 Å². The van der Waals surface area contributed by atoms with Gasteiger partial charge in [-0.05, 0) is 24.6 Å². The van der Waals surface area contributed by atoms with Crippen molar-refractivity contribution in [2.75, 3.05) is 17.6 Å². The van der Waals surface area contributed by atoms with Gasteiger partial charge in [-0.2, -0.15) is 0 Å². The first-order chi connectivity index (χ1) is 7.36. The molecule has 1 aromatic carbocycles. The molecule has 0 aliphatic heterocycles. The minimum Gasteiger partial charge on any atom is -0.399 e. The summed E-state index contributed by atoms with van der Waals surface area (Å²) in [4.78, 5) is 0.0408. The maximum atomic E-state index is 11.3. The fraction of sp³-hybridized carbons (Fsp3) is 0.200. The Kier molecular flexibility index (Phi) is 3.56. The normalized spacial score (nSPS) is 11.1. The van der Waals surface area contributed by atoms with Gasteiger partial charge in [0, 0.05) is 17.9 Å². The zero-order valence-electron chi connectivity index (χ0n) is 9.03. The molecule has 0 aliphatic rings. The summed E-state index contributed by atoms with van der Waals surface area (Å²) in [6.45, 7) is 5.76. The number of rotatable bonds is 4. The summed E-state index contributed by atoms with van der Waals surface area (Å²) in [5, 5.41) is 8.09. The molecule has 6 heteroatoms. The predicted molar refractivity (Wildman–Crippen MR) is 65.7 cm³/mol. The summed E-state index contributed by atoms with van der Waals surface area (Å²) >= 11 is 0. The van der Waals surface area contributed by atoms with Gasteiger partial charge in [0.1, 0.15) is 0 Å². The van der Waals surface area contributed by atoms with E-state index in [1.54, 1.807) is 19.1 Å². The van der Waals surface area contributed by atoms with Gasteiger partial charge in [0.25, 0.3) is 0 Å². The van der Waals surface area contributed by atoms with Crippen LogP contribution in [0.5, 0.6) is 0 Å². The number of sulfonamides is 1. The van der Waals surface area contributed by atoms with Crippen molar-refractivity contribution in [3.63, 3.8) is 0 Å². The average molecular weight is 241 g/mol. The highest BCUT2D eigenvalue weighted by Crippen LogP contribution is 2.25. The predicted octanol–water partition coefficient (Wildman–Crippen LogP) is 0.823. The van der Waals surface area contributed by atoms with Crippen LogP contribution in [-0.4, -0.2) is 15.0 Å². The summed E-state index contributed by atoms with van der Waals surface area (Å²) in [7, 11) is -3.75. The smallest absolute Gasteiger partial charge is 0.238 e. The van der Waals surface area contributed by atoms with Crippen LogP contribution in [-0.2, 0) is 10.0 Å². The molecule has 0 bridgehead atoms. The zero-order chi connectivity index (χ0) is 12.3. The van der Waals surface area contributed by atoms with Crippen LogP contribution in [0.25, 0.3) is 0 Å². The number of primary sulfonamides is 1. The SMILES string of the molecule is C=CCNc1cc(N)cc(S(N)(=O)=O)c1C. The largest absolute Gasteiger partial charge is 0.399 e. The first kappa shape index (κ1) is 12.5. The highest BCUT2D eigenvalue weighted by atomic mass is 32.2. The van der Waals surface area contributed by atoms with Crippen LogP contribution < -0.4 is 16.2 Å². The summed E-state index contributed by atoms with van der Waals surface area (Å²) in [5.41, 5.74) is 7.16. The van der Waals surface area contributed by atoms with Gasteiger partial charge in [0.2, 0.25) is 10.0 Å². The van der Waals surface area contributed by atoms with Crippen LogP contribution in [0.3, 0.4) is 0 Å². The molecule has 0 amide bonds. The van der Waals surface area contributed by atoms with Gasteiger partial charge in [-0.25, -0.2) is 13.6 Å². The van der Waals surface area contributed by atoms with Crippen molar-refractivity contribution in [1.29, 1.82) is 0 Å². The molecule has 16 heavy (non-hydrogen) atoms. The molecule has 0 radical (unpaired) electrons. The Balaban J connectivity index is 3.32. The lowest BCUT2D eigenvalue weighted by molar-refractivity contribution is 0.597. The molecule has 1 aromatic rings. The van der Waals surface area contributed by atoms with E-state index in [1.807, 2.05) is 0 Å². The molecule has 0 atom stereocenters. The molecule has 1 rings (SSSR count). The number of anilines is 2. The fourth-order valence-corrected chi connectivity index (χ4v) is 2.21. The number of nitrogens with one attached hydrogen (secondary N) is 1. The molecule has 0 spiro atoms. The number of hydrogen-bond acceptors (Lipinski definition) is 4. The van der Waals surface area contributed by atoms with Crippen molar-refractivity contribution < 1.29 is 8.42 Å². The Morgan fingerprint density at radius 1 is 1.50 bits per heavy atom. The Labute approximate surface area is 95.2 Å². The third-order valence-electron chi connectivity index (χ3n) is 2.13. The van der Waals surface area contributed by atoms with Gasteiger partial charge in [-0.15, -0.1) is 6.58 Å². The summed E-state index contributed by atoms with van der Waals surface area (Å²) in [5.74, 6) is 0. The van der Waals surface area contributed by atoms with Crippen LogP contribution in [0.2, 0.25) is 0 Å². The Bertz CT molecular complexity index is 509. The molecule has 88 valence electrons. The number of nitrogen functional groups attached to an aromatic ring is 1. The zero-order valence-corrected chi connectivity index (χ0v) is 9.84. The van der Waals surface area contributed by atoms with Crippen molar-refractivity contribution in [2.45, 2.75) is 11.8 Å². The Hall–Kier alpha value is -1.53. The number of benzene rings is 1. The fourth-order valence-electron chi connectivity index (χ4n) is 1.37. The summed E-state index contributed by atoms with van der Waals surface area (Å²) in [6.07, 6.45) is 1.67. The highest BCUT2D eigenvalue weighted by molar-refractivity contribution is 7.89. The average Bonchev–Trinajstić information content (AvgIpc) is 2.17. The molecule has 0 heterocycles. The molecule has 0 aliphatic carbocycles. The monoisotopic (exact) mass is 241 g/mol. The standard InChI is InChI=1S/C10H15N3O2S/c1-3-4-13-9-5-8(11)6-10(7(9)2)16(12,14)15/h3,5-6,13H,1,4,11H2,2H3,(H2,12,14,15). The molecule has 0 unspecified atom stereocenters. The van der Waals surface area contributed by atoms with E-state index in [9.17, 15) is 8.42 Å². The van der Waals surface area contributed by atoms with E-state index in [0.717, 1.165) is 0 Å². The first-order valence-corrected chi connectivity index (χ1v) is 6.18. The van der Waals surface area contributed by atoms with Crippen molar-refractivity contribution in [1.82, 2.24) is 0 Å². The minimum absolute atomic E-state index is 0.0408. The first-order valence-electron chi connectivity index (χ1n) is 4.64. The van der Waals surface area contributed by atoms with Gasteiger partial charge in [0.05, 0.1) is 4.90 Å². The molecule has 5 nitrogen and oxygen atoms in total. The third-order valence-corrected chi connectivity index (χ3v) is 3.16. The maximum Gasteiger partial charge on any atom is 0.238 e. The van der Waals surface area contributed by atoms with E-state index in [0.29, 0.717) is 23.5 Å². The van der Waals surface area contributed by atoms with Gasteiger partial charge in [0.15, 0.2) is 0 Å². The molecular weight excluding hydrogens is 226 g/mol. The lowest BCUT2D eigenvalue weighted by atomic mass is 10.2. The second kappa shape index (κ2) is 4.54. The third kappa shape index (κ3) is 2.74. The minimum atomic E-state index is -3.75. The Morgan fingerprint density at radius 2 is 2.12 bits per heavy atom. The van der Waals surface area contributed by atoms with Crippen molar-refractivity contribution in [2.24, 2.45) is 5.14 Å². The second-order valence-corrected chi connectivity index (χ2v) is 4.94. The van der Waals surface area contributed by atoms with E-state index in [4.69, 9.17) is 10.9 Å². The van der Waals surface area contributed by atoms with Crippen LogP contribution in [0.15, 0.2) is 29.7 Å². The van der Waals surface area contributed by atoms with E-state index < -0.39 is 10.0 Å². The van der Waals surface area contributed by atoms with Gasteiger partial charge in [-0.1, -0.05) is 6.08 Å². The quantitative estimate of drug-likeness (QED) is 0.537. The number of nitrogens with two attached hydrogens (primary N) is 2. The molecule has 0 aromatic heterocycles. The summed E-state index contributed by atoms with van der Waals surface area (Å²) < 4.78 is 22.6. The van der Waals surface area contributed by atoms with E-state index in [1.165, 1.54) is 6.07 Å². The van der Waals surface area contributed by atoms with E-state index >= 15 is 0 Å². The van der Waals surface area contributed by atoms with Crippen LogP contribution in [0.1, 0.15) is 5.56 Å². The lowest BCUT2D eigenvalue weighted by Gasteiger charge is -2.12. The lowest BCUT2D eigenvalue weighted by Crippen LogP contribution is -2.15. The second-order valence-electron chi connectivity index (χ2n) is 3.41. The van der Waals surface area contributed by atoms with E-state index in [-0.39, 0.29) is 4.90 Å². The van der Waals surface area contributed by atoms with E-state index in [2.05, 4.69) is 11.9 Å². The van der Waals surface area contributed by atoms with Crippen molar-refractivity contribution >= 4 is 21.4 Å². The van der Waals surface area contributed by atoms with Crippen molar-refractivity contribution in [3.8, 4) is 0 Å².